The van der Waals surface area contributed by atoms with Gasteiger partial charge in [-0.05, 0) is 43.2 Å². The molecule has 4 nitrogen and oxygen atoms in total. The maximum Gasteiger partial charge on any atom is 0.307 e. The Morgan fingerprint density at radius 3 is 2.41 bits per heavy atom. The normalized spacial score (nSPS) is 11.7. The van der Waals surface area contributed by atoms with Crippen molar-refractivity contribution in [1.29, 1.82) is 0 Å². The van der Waals surface area contributed by atoms with Crippen molar-refractivity contribution in [3.05, 3.63) is 65.5 Å². The van der Waals surface area contributed by atoms with Crippen LogP contribution < -0.4 is 5.32 Å². The summed E-state index contributed by atoms with van der Waals surface area (Å²) in [5.74, 6) is -0.529. The Morgan fingerprint density at radius 1 is 1.11 bits per heavy atom. The molecule has 2 rings (SSSR count). The van der Waals surface area contributed by atoms with Crippen LogP contribution in [0.1, 0.15) is 36.9 Å². The van der Waals surface area contributed by atoms with Gasteiger partial charge in [-0.15, -0.1) is 11.8 Å². The third-order valence-corrected chi connectivity index (χ3v) is 4.99. The molecule has 1 N–H and O–H groups in total. The summed E-state index contributed by atoms with van der Waals surface area (Å²) in [5.41, 5.74) is 2.19. The standard InChI is InChI=1S/C21H24FNO3S/c1-3-19(16-6-4-15(2)5-7-16)23-20(24)14-26-21(25)12-13-27-18-10-8-17(22)9-11-18/h4-11,19H,3,12-14H2,1-2H3,(H,23,24)/t19-/m1/s1. The quantitative estimate of drug-likeness (QED) is 0.509. The molecule has 0 spiro atoms. The Balaban J connectivity index is 1.69. The van der Waals surface area contributed by atoms with Crippen LogP contribution in [0.2, 0.25) is 0 Å². The Labute approximate surface area is 163 Å². The molecular weight excluding hydrogens is 365 g/mol. The second kappa shape index (κ2) is 10.7. The molecule has 1 amide bonds. The number of halogens is 1. The highest BCUT2D eigenvalue weighted by molar-refractivity contribution is 7.99. The van der Waals surface area contributed by atoms with E-state index in [1.165, 1.54) is 23.9 Å². The maximum absolute atomic E-state index is 12.8. The predicted molar refractivity (Wildman–Crippen MR) is 105 cm³/mol. The van der Waals surface area contributed by atoms with Gasteiger partial charge in [0.15, 0.2) is 6.61 Å². The molecular formula is C21H24FNO3S. The zero-order valence-corrected chi connectivity index (χ0v) is 16.4. The Bertz CT molecular complexity index is 747. The van der Waals surface area contributed by atoms with Gasteiger partial charge in [-0.25, -0.2) is 4.39 Å². The molecule has 0 aliphatic carbocycles. The Kier molecular flexibility index (Phi) is 8.33. The van der Waals surface area contributed by atoms with Crippen molar-refractivity contribution in [3.63, 3.8) is 0 Å². The Hall–Kier alpha value is -2.34. The van der Waals surface area contributed by atoms with Gasteiger partial charge in [-0.3, -0.25) is 9.59 Å². The summed E-state index contributed by atoms with van der Waals surface area (Å²) in [6, 6.07) is 14.0. The monoisotopic (exact) mass is 389 g/mol. The minimum absolute atomic E-state index is 0.106. The van der Waals surface area contributed by atoms with Gasteiger partial charge in [0, 0.05) is 10.6 Å². The zero-order chi connectivity index (χ0) is 19.6. The SMILES string of the molecule is CC[C@@H](NC(=O)COC(=O)CCSc1ccc(F)cc1)c1ccc(C)cc1. The van der Waals surface area contributed by atoms with E-state index >= 15 is 0 Å². The number of carbonyl (C=O) groups is 2. The largest absolute Gasteiger partial charge is 0.456 e. The van der Waals surface area contributed by atoms with E-state index in [0.717, 1.165) is 22.4 Å². The van der Waals surface area contributed by atoms with E-state index < -0.39 is 5.97 Å². The third-order valence-electron chi connectivity index (χ3n) is 3.98. The highest BCUT2D eigenvalue weighted by Crippen LogP contribution is 2.19. The molecule has 1 atom stereocenters. The number of benzene rings is 2. The fourth-order valence-corrected chi connectivity index (χ4v) is 3.29. The van der Waals surface area contributed by atoms with Gasteiger partial charge in [0.05, 0.1) is 12.5 Å². The van der Waals surface area contributed by atoms with Crippen molar-refractivity contribution >= 4 is 23.6 Å². The number of amides is 1. The molecule has 0 unspecified atom stereocenters. The molecule has 0 fully saturated rings. The van der Waals surface area contributed by atoms with E-state index in [-0.39, 0.29) is 30.8 Å². The lowest BCUT2D eigenvalue weighted by atomic mass is 10.0. The number of nitrogens with one attached hydrogen (secondary N) is 1. The number of hydrogen-bond donors (Lipinski definition) is 1. The van der Waals surface area contributed by atoms with Crippen molar-refractivity contribution in [1.82, 2.24) is 5.32 Å². The van der Waals surface area contributed by atoms with Gasteiger partial charge in [0.1, 0.15) is 5.82 Å². The lowest BCUT2D eigenvalue weighted by Gasteiger charge is -2.17. The first-order valence-corrected chi connectivity index (χ1v) is 9.86. The molecule has 0 radical (unpaired) electrons. The summed E-state index contributed by atoms with van der Waals surface area (Å²) >= 11 is 1.44. The summed E-state index contributed by atoms with van der Waals surface area (Å²) in [6.07, 6.45) is 0.932. The molecule has 0 heterocycles. The summed E-state index contributed by atoms with van der Waals surface area (Å²) in [7, 11) is 0. The molecule has 2 aromatic rings. The number of thioether (sulfide) groups is 1. The molecule has 0 aliphatic rings. The maximum atomic E-state index is 12.8. The van der Waals surface area contributed by atoms with Crippen LogP contribution in [0.25, 0.3) is 0 Å². The van der Waals surface area contributed by atoms with Crippen LogP contribution in [0, 0.1) is 12.7 Å². The number of ether oxygens (including phenoxy) is 1. The number of aryl methyl sites for hydroxylation is 1. The average molecular weight is 389 g/mol. The summed E-state index contributed by atoms with van der Waals surface area (Å²) < 4.78 is 17.9. The molecule has 0 bridgehead atoms. The molecule has 6 heteroatoms. The minimum Gasteiger partial charge on any atom is -0.456 e. The van der Waals surface area contributed by atoms with Crippen molar-refractivity contribution in [2.45, 2.75) is 37.6 Å². The van der Waals surface area contributed by atoms with E-state index in [1.54, 1.807) is 12.1 Å². The fourth-order valence-electron chi connectivity index (χ4n) is 2.46. The number of hydrogen-bond acceptors (Lipinski definition) is 4. The van der Waals surface area contributed by atoms with Crippen molar-refractivity contribution in [2.75, 3.05) is 12.4 Å². The lowest BCUT2D eigenvalue weighted by Crippen LogP contribution is -2.32. The molecule has 0 aromatic heterocycles. The van der Waals surface area contributed by atoms with Crippen LogP contribution in [-0.4, -0.2) is 24.2 Å². The number of rotatable bonds is 9. The first-order chi connectivity index (χ1) is 13.0. The summed E-state index contributed by atoms with van der Waals surface area (Å²) in [4.78, 5) is 24.7. The predicted octanol–water partition coefficient (Wildman–Crippen LogP) is 4.43. The first kappa shape index (κ1) is 21.0. The van der Waals surface area contributed by atoms with Gasteiger partial charge in [-0.1, -0.05) is 36.8 Å². The molecule has 2 aromatic carbocycles. The second-order valence-corrected chi connectivity index (χ2v) is 7.32. The van der Waals surface area contributed by atoms with Crippen LogP contribution in [0.4, 0.5) is 4.39 Å². The number of esters is 1. The second-order valence-electron chi connectivity index (χ2n) is 6.15. The first-order valence-electron chi connectivity index (χ1n) is 8.88. The number of carbonyl (C=O) groups excluding carboxylic acids is 2. The molecule has 27 heavy (non-hydrogen) atoms. The summed E-state index contributed by atoms with van der Waals surface area (Å²) in [5, 5.41) is 2.89. The van der Waals surface area contributed by atoms with E-state index in [0.29, 0.717) is 5.75 Å². The van der Waals surface area contributed by atoms with Gasteiger partial charge in [-0.2, -0.15) is 0 Å². The van der Waals surface area contributed by atoms with Crippen molar-refractivity contribution < 1.29 is 18.7 Å². The Morgan fingerprint density at radius 2 is 1.78 bits per heavy atom. The van der Waals surface area contributed by atoms with Gasteiger partial charge >= 0.3 is 5.97 Å². The third kappa shape index (κ3) is 7.43. The molecule has 0 aliphatic heterocycles. The smallest absolute Gasteiger partial charge is 0.307 e. The average Bonchev–Trinajstić information content (AvgIpc) is 2.67. The fraction of sp³-hybridized carbons (Fsp3) is 0.333. The van der Waals surface area contributed by atoms with Crippen LogP contribution >= 0.6 is 11.8 Å². The van der Waals surface area contributed by atoms with Crippen LogP contribution in [0.3, 0.4) is 0 Å². The minimum atomic E-state index is -0.428. The van der Waals surface area contributed by atoms with Crippen LogP contribution in [0.5, 0.6) is 0 Å². The molecule has 144 valence electrons. The zero-order valence-electron chi connectivity index (χ0n) is 15.5. The van der Waals surface area contributed by atoms with E-state index in [1.807, 2.05) is 38.1 Å². The van der Waals surface area contributed by atoms with Crippen LogP contribution in [-0.2, 0) is 14.3 Å². The highest BCUT2D eigenvalue weighted by Gasteiger charge is 2.14. The van der Waals surface area contributed by atoms with E-state index in [9.17, 15) is 14.0 Å². The highest BCUT2D eigenvalue weighted by atomic mass is 32.2. The van der Waals surface area contributed by atoms with Crippen LogP contribution in [0.15, 0.2) is 53.4 Å². The summed E-state index contributed by atoms with van der Waals surface area (Å²) in [6.45, 7) is 3.71. The lowest BCUT2D eigenvalue weighted by molar-refractivity contribution is -0.148. The van der Waals surface area contributed by atoms with Crippen molar-refractivity contribution in [3.8, 4) is 0 Å². The topological polar surface area (TPSA) is 55.4 Å². The van der Waals surface area contributed by atoms with Gasteiger partial charge < -0.3 is 10.1 Å². The van der Waals surface area contributed by atoms with Crippen molar-refractivity contribution in [2.24, 2.45) is 0 Å². The molecule has 0 saturated heterocycles. The van der Waals surface area contributed by atoms with E-state index in [2.05, 4.69) is 5.32 Å². The van der Waals surface area contributed by atoms with Gasteiger partial charge in [0.2, 0.25) is 0 Å². The van der Waals surface area contributed by atoms with Gasteiger partial charge in [0.25, 0.3) is 5.91 Å². The molecule has 0 saturated carbocycles. The van der Waals surface area contributed by atoms with E-state index in [4.69, 9.17) is 4.74 Å².